The fourth-order valence-electron chi connectivity index (χ4n) is 3.09. The number of rotatable bonds is 0. The number of hydrogen-bond acceptors (Lipinski definition) is 0. The van der Waals surface area contributed by atoms with E-state index in [0.717, 1.165) is 12.8 Å². The highest BCUT2D eigenvalue weighted by atomic mass is 14.1. The maximum Gasteiger partial charge on any atom is -0.00991 e. The number of fused-ring (bicyclic) bond motifs is 6. The molecule has 0 aliphatic heterocycles. The Labute approximate surface area is 106 Å². The predicted molar refractivity (Wildman–Crippen MR) is 78.9 cm³/mol. The Morgan fingerprint density at radius 3 is 1.33 bits per heavy atom. The number of benzene rings is 3. The van der Waals surface area contributed by atoms with Gasteiger partial charge in [-0.2, -0.15) is 0 Å². The summed E-state index contributed by atoms with van der Waals surface area (Å²) in [6, 6.07) is 17.5. The lowest BCUT2D eigenvalue weighted by Crippen LogP contribution is -2.28. The zero-order chi connectivity index (χ0) is 11.9. The molecule has 0 N–H and O–H groups in total. The van der Waals surface area contributed by atoms with Crippen LogP contribution in [-0.2, 0) is 0 Å². The van der Waals surface area contributed by atoms with Crippen molar-refractivity contribution in [2.24, 2.45) is 0 Å². The second-order valence-corrected chi connectivity index (χ2v) is 4.90. The highest BCUT2D eigenvalue weighted by Crippen LogP contribution is 2.20. The van der Waals surface area contributed by atoms with Gasteiger partial charge in [-0.3, -0.25) is 0 Å². The van der Waals surface area contributed by atoms with Crippen LogP contribution in [0, 0.1) is 0 Å². The van der Waals surface area contributed by atoms with Crippen LogP contribution < -0.4 is 10.4 Å². The normalized spacial score (nSPS) is 14.0. The van der Waals surface area contributed by atoms with E-state index in [4.69, 9.17) is 0 Å². The van der Waals surface area contributed by atoms with E-state index in [1.165, 1.54) is 32.0 Å². The summed E-state index contributed by atoms with van der Waals surface area (Å²) in [5.74, 6) is 0. The van der Waals surface area contributed by atoms with E-state index >= 15 is 0 Å². The lowest BCUT2D eigenvalue weighted by atomic mass is 9.94. The first-order chi connectivity index (χ1) is 8.95. The minimum atomic E-state index is 1.16. The van der Waals surface area contributed by atoms with Crippen molar-refractivity contribution < 1.29 is 0 Å². The summed E-state index contributed by atoms with van der Waals surface area (Å²) >= 11 is 0. The van der Waals surface area contributed by atoms with Gasteiger partial charge in [0.2, 0.25) is 0 Å². The molecule has 0 unspecified atom stereocenters. The van der Waals surface area contributed by atoms with Crippen LogP contribution in [0.5, 0.6) is 0 Å². The van der Waals surface area contributed by atoms with Crippen molar-refractivity contribution in [3.8, 4) is 0 Å². The SMILES string of the molecule is C1=c2c(c3ccccc3c3ccccc23)=CCC1. The molecule has 4 rings (SSSR count). The number of hydrogen-bond donors (Lipinski definition) is 0. The van der Waals surface area contributed by atoms with E-state index in [1.807, 2.05) is 0 Å². The zero-order valence-electron chi connectivity index (χ0n) is 10.2. The fraction of sp³-hybridized carbons (Fsp3) is 0.111. The van der Waals surface area contributed by atoms with Gasteiger partial charge in [0, 0.05) is 0 Å². The Morgan fingerprint density at radius 2 is 0.889 bits per heavy atom. The molecule has 0 nitrogen and oxygen atoms in total. The summed E-state index contributed by atoms with van der Waals surface area (Å²) in [5, 5.41) is 8.38. The molecule has 0 heterocycles. The second-order valence-electron chi connectivity index (χ2n) is 4.90. The minimum Gasteiger partial charge on any atom is -0.0757 e. The quantitative estimate of drug-likeness (QED) is 0.520. The molecule has 18 heavy (non-hydrogen) atoms. The Bertz CT molecular complexity index is 795. The third-order valence-electron chi connectivity index (χ3n) is 3.88. The summed E-state index contributed by atoms with van der Waals surface area (Å²) < 4.78 is 0. The first-order valence-corrected chi connectivity index (χ1v) is 6.55. The van der Waals surface area contributed by atoms with Crippen molar-refractivity contribution in [3.63, 3.8) is 0 Å². The Hall–Kier alpha value is -2.08. The molecule has 0 aromatic heterocycles. The highest BCUT2D eigenvalue weighted by molar-refractivity contribution is 6.08. The molecule has 3 aromatic rings. The van der Waals surface area contributed by atoms with E-state index in [9.17, 15) is 0 Å². The monoisotopic (exact) mass is 230 g/mol. The molecule has 3 aromatic carbocycles. The molecule has 0 saturated heterocycles. The minimum absolute atomic E-state index is 1.16. The molecule has 0 spiro atoms. The molecule has 1 aliphatic carbocycles. The van der Waals surface area contributed by atoms with Gasteiger partial charge in [0.15, 0.2) is 0 Å². The molecule has 0 saturated carbocycles. The van der Waals surface area contributed by atoms with Crippen molar-refractivity contribution in [1.82, 2.24) is 0 Å². The highest BCUT2D eigenvalue weighted by Gasteiger charge is 2.06. The van der Waals surface area contributed by atoms with Crippen molar-refractivity contribution in [2.75, 3.05) is 0 Å². The topological polar surface area (TPSA) is 0 Å². The van der Waals surface area contributed by atoms with Gasteiger partial charge >= 0.3 is 0 Å². The van der Waals surface area contributed by atoms with Crippen molar-refractivity contribution in [1.29, 1.82) is 0 Å². The Kier molecular flexibility index (Phi) is 2.04. The molecule has 0 fully saturated rings. The lowest BCUT2D eigenvalue weighted by Gasteiger charge is -2.09. The van der Waals surface area contributed by atoms with Gasteiger partial charge in [-0.15, -0.1) is 0 Å². The molecule has 0 heteroatoms. The summed E-state index contributed by atoms with van der Waals surface area (Å²) in [4.78, 5) is 0. The van der Waals surface area contributed by atoms with Gasteiger partial charge in [-0.05, 0) is 44.8 Å². The second kappa shape index (κ2) is 3.71. The molecule has 0 atom stereocenters. The van der Waals surface area contributed by atoms with Crippen molar-refractivity contribution >= 4 is 33.7 Å². The smallest absolute Gasteiger partial charge is 0.00991 e. The van der Waals surface area contributed by atoms with Gasteiger partial charge in [-0.25, -0.2) is 0 Å². The van der Waals surface area contributed by atoms with Crippen LogP contribution in [0.25, 0.3) is 33.7 Å². The van der Waals surface area contributed by atoms with E-state index in [1.54, 1.807) is 0 Å². The van der Waals surface area contributed by atoms with Crippen LogP contribution in [0.3, 0.4) is 0 Å². The maximum atomic E-state index is 2.39. The largest absolute Gasteiger partial charge is 0.0757 e. The van der Waals surface area contributed by atoms with Gasteiger partial charge in [-0.1, -0.05) is 60.7 Å². The Morgan fingerprint density at radius 1 is 0.500 bits per heavy atom. The van der Waals surface area contributed by atoms with E-state index in [2.05, 4.69) is 60.7 Å². The maximum absolute atomic E-state index is 2.39. The van der Waals surface area contributed by atoms with Gasteiger partial charge < -0.3 is 0 Å². The molecule has 0 amide bonds. The van der Waals surface area contributed by atoms with Crippen LogP contribution in [0.1, 0.15) is 12.8 Å². The summed E-state index contributed by atoms with van der Waals surface area (Å²) in [5.41, 5.74) is 0. The van der Waals surface area contributed by atoms with Crippen LogP contribution in [-0.4, -0.2) is 0 Å². The first kappa shape index (κ1) is 9.90. The average Bonchev–Trinajstić information content (AvgIpc) is 2.48. The first-order valence-electron chi connectivity index (χ1n) is 6.55. The predicted octanol–water partition coefficient (Wildman–Crippen LogP) is 3.35. The fourth-order valence-corrected chi connectivity index (χ4v) is 3.09. The lowest BCUT2D eigenvalue weighted by molar-refractivity contribution is 1.13. The van der Waals surface area contributed by atoms with Crippen molar-refractivity contribution in [3.05, 3.63) is 59.0 Å². The van der Waals surface area contributed by atoms with Crippen LogP contribution in [0.2, 0.25) is 0 Å². The van der Waals surface area contributed by atoms with Crippen LogP contribution >= 0.6 is 0 Å². The molecule has 0 bridgehead atoms. The molecule has 0 radical (unpaired) electrons. The van der Waals surface area contributed by atoms with Gasteiger partial charge in [0.1, 0.15) is 0 Å². The van der Waals surface area contributed by atoms with Crippen LogP contribution in [0.4, 0.5) is 0 Å². The third kappa shape index (κ3) is 1.26. The van der Waals surface area contributed by atoms with E-state index in [0.29, 0.717) is 0 Å². The summed E-state index contributed by atoms with van der Waals surface area (Å²) in [6.07, 6.45) is 7.11. The third-order valence-corrected chi connectivity index (χ3v) is 3.88. The summed E-state index contributed by atoms with van der Waals surface area (Å²) in [6.45, 7) is 0. The average molecular weight is 230 g/mol. The molecular weight excluding hydrogens is 216 g/mol. The zero-order valence-corrected chi connectivity index (χ0v) is 10.2. The molecule has 86 valence electrons. The van der Waals surface area contributed by atoms with Crippen LogP contribution in [0.15, 0.2) is 48.5 Å². The Balaban J connectivity index is 2.46. The van der Waals surface area contributed by atoms with Crippen molar-refractivity contribution in [2.45, 2.75) is 12.8 Å². The van der Waals surface area contributed by atoms with E-state index < -0.39 is 0 Å². The standard InChI is InChI=1S/C18H14/c1-2-8-14-13(7-1)15-9-3-4-11-17(15)18-12-6-5-10-16(14)18/h1-4,7-12H,5-6H2. The van der Waals surface area contributed by atoms with E-state index in [-0.39, 0.29) is 0 Å². The van der Waals surface area contributed by atoms with Gasteiger partial charge in [0.05, 0.1) is 0 Å². The summed E-state index contributed by atoms with van der Waals surface area (Å²) in [7, 11) is 0. The van der Waals surface area contributed by atoms with Gasteiger partial charge in [0.25, 0.3) is 0 Å². The molecular formula is C18H14. The molecule has 1 aliphatic rings.